The summed E-state index contributed by atoms with van der Waals surface area (Å²) in [5.41, 5.74) is 3.83. The molecule has 4 rings (SSSR count). The summed E-state index contributed by atoms with van der Waals surface area (Å²) in [4.78, 5) is 34.8. The van der Waals surface area contributed by atoms with Crippen LogP contribution in [0.2, 0.25) is 5.02 Å². The minimum atomic E-state index is -0.159. The van der Waals surface area contributed by atoms with Crippen molar-refractivity contribution in [2.45, 2.75) is 25.8 Å². The van der Waals surface area contributed by atoms with Gasteiger partial charge in [-0.1, -0.05) is 23.7 Å². The van der Waals surface area contributed by atoms with Crippen molar-refractivity contribution in [3.63, 3.8) is 0 Å². The van der Waals surface area contributed by atoms with Gasteiger partial charge >= 0.3 is 0 Å². The van der Waals surface area contributed by atoms with Crippen LogP contribution in [0.5, 0.6) is 0 Å². The minimum absolute atomic E-state index is 0.128. The van der Waals surface area contributed by atoms with Crippen LogP contribution in [0.4, 0.5) is 5.95 Å². The number of carbonyl (C=O) groups excluding carboxylic acids is 1. The van der Waals surface area contributed by atoms with Gasteiger partial charge in [-0.3, -0.25) is 9.78 Å². The van der Waals surface area contributed by atoms with Gasteiger partial charge in [0.1, 0.15) is 5.69 Å². The summed E-state index contributed by atoms with van der Waals surface area (Å²) in [5, 5.41) is 0.668. The highest BCUT2D eigenvalue weighted by atomic mass is 35.5. The molecule has 0 aliphatic carbocycles. The summed E-state index contributed by atoms with van der Waals surface area (Å²) in [6.07, 6.45) is 6.71. The van der Waals surface area contributed by atoms with E-state index in [1.54, 1.807) is 12.4 Å². The van der Waals surface area contributed by atoms with Crippen LogP contribution < -0.4 is 4.90 Å². The average molecular weight is 423 g/mol. The van der Waals surface area contributed by atoms with Crippen LogP contribution >= 0.6 is 11.6 Å². The fourth-order valence-electron chi connectivity index (χ4n) is 3.65. The molecule has 1 fully saturated rings. The smallest absolute Gasteiger partial charge is 0.274 e. The molecule has 0 saturated carbocycles. The van der Waals surface area contributed by atoms with E-state index < -0.39 is 0 Å². The Labute approximate surface area is 180 Å². The molecular formula is C22H23ClN6O. The number of aryl methyl sites for hydroxylation is 1. The average Bonchev–Trinajstić information content (AvgIpc) is 3.23. The van der Waals surface area contributed by atoms with Gasteiger partial charge in [0, 0.05) is 43.6 Å². The minimum Gasteiger partial charge on any atom is -0.347 e. The zero-order valence-electron chi connectivity index (χ0n) is 17.2. The molecule has 1 aliphatic heterocycles. The molecule has 0 radical (unpaired) electrons. The van der Waals surface area contributed by atoms with Crippen LogP contribution in [0.15, 0.2) is 42.9 Å². The van der Waals surface area contributed by atoms with Gasteiger partial charge in [-0.15, -0.1) is 0 Å². The fraction of sp³-hybridized carbons (Fsp3) is 0.318. The second kappa shape index (κ2) is 8.36. The van der Waals surface area contributed by atoms with Crippen molar-refractivity contribution in [3.8, 4) is 11.1 Å². The molecule has 1 atom stereocenters. The predicted octanol–water partition coefficient (Wildman–Crippen LogP) is 3.94. The van der Waals surface area contributed by atoms with E-state index in [1.165, 1.54) is 0 Å². The number of rotatable bonds is 4. The van der Waals surface area contributed by atoms with E-state index in [0.717, 1.165) is 35.4 Å². The molecule has 8 heteroatoms. The number of anilines is 1. The third kappa shape index (κ3) is 3.98. The Morgan fingerprint density at radius 2 is 1.87 bits per heavy atom. The van der Waals surface area contributed by atoms with E-state index in [2.05, 4.69) is 15.0 Å². The highest BCUT2D eigenvalue weighted by Crippen LogP contribution is 2.38. The van der Waals surface area contributed by atoms with Crippen molar-refractivity contribution >= 4 is 23.5 Å². The number of nitrogens with zero attached hydrogens (tertiary/aromatic N) is 6. The molecule has 0 N–H and O–H groups in total. The Balaban J connectivity index is 1.76. The second-order valence-electron chi connectivity index (χ2n) is 7.57. The van der Waals surface area contributed by atoms with Crippen LogP contribution in [0.3, 0.4) is 0 Å². The number of halogens is 1. The summed E-state index contributed by atoms with van der Waals surface area (Å²) in [6.45, 7) is 2.50. The van der Waals surface area contributed by atoms with Gasteiger partial charge in [0.25, 0.3) is 5.91 Å². The van der Waals surface area contributed by atoms with Crippen molar-refractivity contribution < 1.29 is 4.79 Å². The topological polar surface area (TPSA) is 75.1 Å². The van der Waals surface area contributed by atoms with E-state index in [-0.39, 0.29) is 11.9 Å². The molecule has 0 unspecified atom stereocenters. The summed E-state index contributed by atoms with van der Waals surface area (Å²) in [6, 6.07) is 7.44. The van der Waals surface area contributed by atoms with E-state index in [1.807, 2.05) is 61.3 Å². The zero-order valence-corrected chi connectivity index (χ0v) is 18.0. The summed E-state index contributed by atoms with van der Waals surface area (Å²) in [7, 11) is 3.81. The fourth-order valence-corrected chi connectivity index (χ4v) is 3.78. The lowest BCUT2D eigenvalue weighted by Crippen LogP contribution is -2.32. The summed E-state index contributed by atoms with van der Waals surface area (Å²) >= 11 is 6.07. The lowest BCUT2D eigenvalue weighted by atomic mass is 9.99. The number of likely N-dealkylation sites (tertiary alicyclic amines) is 1. The van der Waals surface area contributed by atoms with Crippen LogP contribution in [0, 0.1) is 6.92 Å². The summed E-state index contributed by atoms with van der Waals surface area (Å²) < 4.78 is 0. The van der Waals surface area contributed by atoms with Crippen LogP contribution in [-0.4, -0.2) is 51.4 Å². The molecule has 1 aliphatic rings. The Morgan fingerprint density at radius 3 is 2.53 bits per heavy atom. The first-order valence-electron chi connectivity index (χ1n) is 9.84. The standard InChI is InChI=1S/C22H23ClN6O/c1-14-11-25-18(13-24-14)21(30)29-10-4-5-19(29)20-17(12-26-22(27-20)28(2)3)15-6-8-16(23)9-7-15/h6-9,11-13,19H,4-5,10H2,1-3H3/t19-/m1/s1. The third-order valence-corrected chi connectivity index (χ3v) is 5.44. The molecule has 3 heterocycles. The van der Waals surface area contributed by atoms with E-state index in [9.17, 15) is 4.79 Å². The van der Waals surface area contributed by atoms with E-state index in [4.69, 9.17) is 16.6 Å². The Hall–Kier alpha value is -3.06. The maximum atomic E-state index is 13.2. The number of hydrogen-bond acceptors (Lipinski definition) is 6. The van der Waals surface area contributed by atoms with Gasteiger partial charge in [-0.05, 0) is 37.5 Å². The van der Waals surface area contributed by atoms with Crippen molar-refractivity contribution in [1.29, 1.82) is 0 Å². The molecule has 3 aromatic rings. The number of amides is 1. The van der Waals surface area contributed by atoms with Crippen LogP contribution in [0.1, 0.15) is 40.8 Å². The maximum Gasteiger partial charge on any atom is 0.274 e. The number of hydrogen-bond donors (Lipinski definition) is 0. The van der Waals surface area contributed by atoms with E-state index in [0.29, 0.717) is 23.2 Å². The van der Waals surface area contributed by atoms with Crippen LogP contribution in [-0.2, 0) is 0 Å². The van der Waals surface area contributed by atoms with Gasteiger partial charge in [0.05, 0.1) is 23.6 Å². The van der Waals surface area contributed by atoms with Crippen molar-refractivity contribution in [3.05, 3.63) is 65.0 Å². The first kappa shape index (κ1) is 20.2. The highest BCUT2D eigenvalue weighted by Gasteiger charge is 2.34. The first-order valence-corrected chi connectivity index (χ1v) is 10.2. The lowest BCUT2D eigenvalue weighted by Gasteiger charge is -2.26. The Kier molecular flexibility index (Phi) is 5.63. The van der Waals surface area contributed by atoms with Gasteiger partial charge in [0.2, 0.25) is 5.95 Å². The quantitative estimate of drug-likeness (QED) is 0.634. The van der Waals surface area contributed by atoms with Crippen LogP contribution in [0.25, 0.3) is 11.1 Å². The summed E-state index contributed by atoms with van der Waals surface area (Å²) in [5.74, 6) is 0.481. The Morgan fingerprint density at radius 1 is 1.10 bits per heavy atom. The third-order valence-electron chi connectivity index (χ3n) is 5.19. The predicted molar refractivity (Wildman–Crippen MR) is 117 cm³/mol. The van der Waals surface area contributed by atoms with Gasteiger partial charge in [-0.25, -0.2) is 15.0 Å². The first-order chi connectivity index (χ1) is 14.4. The monoisotopic (exact) mass is 422 g/mol. The molecule has 7 nitrogen and oxygen atoms in total. The molecule has 1 aromatic carbocycles. The number of carbonyl (C=O) groups is 1. The molecule has 30 heavy (non-hydrogen) atoms. The maximum absolute atomic E-state index is 13.2. The lowest BCUT2D eigenvalue weighted by molar-refractivity contribution is 0.0726. The van der Waals surface area contributed by atoms with Crippen molar-refractivity contribution in [2.75, 3.05) is 25.5 Å². The molecule has 1 saturated heterocycles. The van der Waals surface area contributed by atoms with Crippen molar-refractivity contribution in [1.82, 2.24) is 24.8 Å². The normalized spacial score (nSPS) is 16.0. The molecule has 1 amide bonds. The zero-order chi connectivity index (χ0) is 21.3. The van der Waals surface area contributed by atoms with Gasteiger partial charge < -0.3 is 9.80 Å². The highest BCUT2D eigenvalue weighted by molar-refractivity contribution is 6.30. The second-order valence-corrected chi connectivity index (χ2v) is 8.01. The van der Waals surface area contributed by atoms with Crippen molar-refractivity contribution in [2.24, 2.45) is 0 Å². The SMILES string of the molecule is Cc1cnc(C(=O)N2CCC[C@@H]2c2nc(N(C)C)ncc2-c2ccc(Cl)cc2)cn1. The number of aromatic nitrogens is 4. The molecule has 154 valence electrons. The Bertz CT molecular complexity index is 1050. The molecule has 2 aromatic heterocycles. The van der Waals surface area contributed by atoms with Gasteiger partial charge in [0.15, 0.2) is 0 Å². The largest absolute Gasteiger partial charge is 0.347 e. The molecule has 0 bridgehead atoms. The van der Waals surface area contributed by atoms with Gasteiger partial charge in [-0.2, -0.15) is 0 Å². The molecular weight excluding hydrogens is 400 g/mol. The number of benzene rings is 1. The van der Waals surface area contributed by atoms with E-state index >= 15 is 0 Å². The molecule has 0 spiro atoms.